The van der Waals surface area contributed by atoms with Crippen molar-refractivity contribution in [3.05, 3.63) is 257 Å². The topological polar surface area (TPSA) is 12.5 Å². The van der Waals surface area contributed by atoms with Gasteiger partial charge in [0.2, 0.25) is 0 Å². The van der Waals surface area contributed by atoms with E-state index in [0.717, 1.165) is 49.1 Å². The Balaban J connectivity index is 1.10. The molecule has 0 N–H and O–H groups in total. The Labute approximate surface area is 348 Å². The highest BCUT2D eigenvalue weighted by Gasteiger charge is 2.40. The Kier molecular flexibility index (Phi) is 9.76. The average molecular weight is 762 g/mol. The number of ether oxygens (including phenoxy) is 1. The van der Waals surface area contributed by atoms with Crippen molar-refractivity contribution in [1.82, 2.24) is 4.90 Å². The van der Waals surface area contributed by atoms with Crippen LogP contribution in [0.2, 0.25) is 0 Å². The van der Waals surface area contributed by atoms with Gasteiger partial charge in [0.25, 0.3) is 0 Å². The molecule has 0 fully saturated rings. The van der Waals surface area contributed by atoms with Crippen LogP contribution < -0.4 is 4.74 Å². The molecule has 6 aromatic carbocycles. The normalized spacial score (nSPS) is 18.8. The number of benzene rings is 6. The van der Waals surface area contributed by atoms with Crippen molar-refractivity contribution in [1.29, 1.82) is 0 Å². The van der Waals surface area contributed by atoms with E-state index >= 15 is 0 Å². The third-order valence-electron chi connectivity index (χ3n) is 12.4. The van der Waals surface area contributed by atoms with Gasteiger partial charge in [0, 0.05) is 22.5 Å². The first-order chi connectivity index (χ1) is 29.2. The van der Waals surface area contributed by atoms with Crippen LogP contribution in [0.3, 0.4) is 0 Å². The quantitative estimate of drug-likeness (QED) is 0.143. The molecular formula is C57H47NO. The number of para-hydroxylation sites is 1. The maximum Gasteiger partial charge on any atom is 0.133 e. The third kappa shape index (κ3) is 6.65. The second-order valence-corrected chi connectivity index (χ2v) is 15.8. The fraction of sp³-hybridized carbons (Fsp3) is 0.123. The van der Waals surface area contributed by atoms with Gasteiger partial charge in [-0.1, -0.05) is 183 Å². The lowest BCUT2D eigenvalue weighted by atomic mass is 9.71. The van der Waals surface area contributed by atoms with Gasteiger partial charge >= 0.3 is 0 Å². The molecule has 0 saturated heterocycles. The summed E-state index contributed by atoms with van der Waals surface area (Å²) in [5.74, 6) is 0.853. The van der Waals surface area contributed by atoms with E-state index in [0.29, 0.717) is 0 Å². The fourth-order valence-electron chi connectivity index (χ4n) is 9.68. The zero-order chi connectivity index (χ0) is 39.6. The van der Waals surface area contributed by atoms with Crippen molar-refractivity contribution < 1.29 is 4.74 Å². The monoisotopic (exact) mass is 761 g/mol. The molecule has 1 unspecified atom stereocenters. The average Bonchev–Trinajstić information content (AvgIpc) is 3.68. The third-order valence-corrected chi connectivity index (χ3v) is 12.4. The summed E-state index contributed by atoms with van der Waals surface area (Å²) in [5, 5.41) is 2.59. The van der Waals surface area contributed by atoms with Crippen LogP contribution in [0.1, 0.15) is 70.2 Å². The zero-order valence-electron chi connectivity index (χ0n) is 33.3. The van der Waals surface area contributed by atoms with Crippen LogP contribution in [0.4, 0.5) is 0 Å². The van der Waals surface area contributed by atoms with Gasteiger partial charge in [-0.3, -0.25) is 0 Å². The predicted octanol–water partition coefficient (Wildman–Crippen LogP) is 14.0. The zero-order valence-corrected chi connectivity index (χ0v) is 33.3. The Morgan fingerprint density at radius 3 is 2.29 bits per heavy atom. The number of allylic oxidation sites excluding steroid dienone is 8. The Morgan fingerprint density at radius 2 is 1.44 bits per heavy atom. The van der Waals surface area contributed by atoms with E-state index in [1.807, 2.05) is 18.4 Å². The molecule has 0 bridgehead atoms. The molecule has 3 aliphatic carbocycles. The molecule has 0 radical (unpaired) electrons. The lowest BCUT2D eigenvalue weighted by Crippen LogP contribution is -2.33. The van der Waals surface area contributed by atoms with Crippen LogP contribution in [0.15, 0.2) is 212 Å². The van der Waals surface area contributed by atoms with Crippen molar-refractivity contribution >= 4 is 34.1 Å². The fourth-order valence-corrected chi connectivity index (χ4v) is 9.68. The summed E-state index contributed by atoms with van der Waals surface area (Å²) < 4.78 is 6.32. The molecular weight excluding hydrogens is 715 g/mol. The van der Waals surface area contributed by atoms with Gasteiger partial charge in [0.1, 0.15) is 5.75 Å². The number of rotatable bonds is 8. The highest BCUT2D eigenvalue weighted by Crippen LogP contribution is 2.50. The molecule has 286 valence electrons. The van der Waals surface area contributed by atoms with E-state index in [2.05, 4.69) is 193 Å². The Hall–Kier alpha value is -6.90. The van der Waals surface area contributed by atoms with E-state index in [-0.39, 0.29) is 6.04 Å². The van der Waals surface area contributed by atoms with Crippen molar-refractivity contribution in [2.75, 3.05) is 0 Å². The van der Waals surface area contributed by atoms with Gasteiger partial charge in [0.15, 0.2) is 0 Å². The molecule has 2 nitrogen and oxygen atoms in total. The van der Waals surface area contributed by atoms with Gasteiger partial charge in [-0.25, -0.2) is 0 Å². The van der Waals surface area contributed by atoms with Gasteiger partial charge in [-0.15, -0.1) is 0 Å². The first-order valence-electron chi connectivity index (χ1n) is 21.0. The predicted molar refractivity (Wildman–Crippen MR) is 248 cm³/mol. The summed E-state index contributed by atoms with van der Waals surface area (Å²) >= 11 is 0. The molecule has 1 atom stereocenters. The molecule has 0 spiro atoms. The first kappa shape index (κ1) is 36.4. The Bertz CT molecular complexity index is 2750. The molecule has 0 aromatic heterocycles. The largest absolute Gasteiger partial charge is 0.465 e. The standard InChI is InChI=1S/C57H47NO/c1-41(35-36-44-40-57(45-22-4-2-5-23-45,46-24-6-3-7-25-46)54-32-15-13-28-49(44)54)58(47-26-18-21-42-19-9-17-34-56(42)59-38-37-47)55-33-16-14-31-52(55)53-39-43-20-8-10-27-48(43)50-29-11-12-30-51(50)53/h2-11,13,15,17-25,27-29,31-40,47H,1,12,14,16,26,30H2/b21-18+,36-35-,38-37+. The number of hydrogen-bond acceptors (Lipinski definition) is 2. The first-order valence-corrected chi connectivity index (χ1v) is 21.0. The summed E-state index contributed by atoms with van der Waals surface area (Å²) in [4.78, 5) is 2.46. The maximum absolute atomic E-state index is 6.32. The summed E-state index contributed by atoms with van der Waals surface area (Å²) in [6, 6.07) is 50.2. The molecule has 10 rings (SSSR count). The van der Waals surface area contributed by atoms with Crippen molar-refractivity contribution in [3.8, 4) is 5.75 Å². The van der Waals surface area contributed by atoms with Crippen LogP contribution in [0, 0.1) is 0 Å². The smallest absolute Gasteiger partial charge is 0.133 e. The second-order valence-electron chi connectivity index (χ2n) is 15.8. The summed E-state index contributed by atoms with van der Waals surface area (Å²) in [6.45, 7) is 4.89. The molecule has 2 heteroatoms. The van der Waals surface area contributed by atoms with Crippen LogP contribution >= 0.6 is 0 Å². The minimum Gasteiger partial charge on any atom is -0.465 e. The van der Waals surface area contributed by atoms with E-state index in [4.69, 9.17) is 11.3 Å². The van der Waals surface area contributed by atoms with E-state index in [1.54, 1.807) is 0 Å². The molecule has 6 aromatic rings. The second kappa shape index (κ2) is 15.8. The SMILES string of the molecule is C=C(/C=C\C1=CC(c2ccccc2)(c2ccccc2)c2ccccc21)N(C1=CCCC=C1c1cc2ccccc2c2c1CCC=C2)C1/C=C/Oc2ccccc2/C=C/C1. The molecule has 4 aliphatic rings. The maximum atomic E-state index is 6.32. The summed E-state index contributed by atoms with van der Waals surface area (Å²) in [5.41, 5.74) is 14.4. The highest BCUT2D eigenvalue weighted by atomic mass is 16.5. The number of nitrogens with zero attached hydrogens (tertiary/aromatic N) is 1. The van der Waals surface area contributed by atoms with Crippen LogP contribution in [0.25, 0.3) is 34.1 Å². The number of hydrogen-bond donors (Lipinski definition) is 0. The Morgan fingerprint density at radius 1 is 0.712 bits per heavy atom. The molecule has 0 amide bonds. The molecule has 1 heterocycles. The number of fused-ring (bicyclic) bond motifs is 5. The lowest BCUT2D eigenvalue weighted by molar-refractivity contribution is 0.377. The van der Waals surface area contributed by atoms with E-state index < -0.39 is 5.41 Å². The lowest BCUT2D eigenvalue weighted by Gasteiger charge is -2.37. The van der Waals surface area contributed by atoms with Gasteiger partial charge in [-0.2, -0.15) is 0 Å². The summed E-state index contributed by atoms with van der Waals surface area (Å²) in [6.07, 6.45) is 29.9. The molecule has 0 saturated carbocycles. The summed E-state index contributed by atoms with van der Waals surface area (Å²) in [7, 11) is 0. The van der Waals surface area contributed by atoms with Crippen molar-refractivity contribution in [3.63, 3.8) is 0 Å². The van der Waals surface area contributed by atoms with Crippen molar-refractivity contribution in [2.24, 2.45) is 0 Å². The molecule has 59 heavy (non-hydrogen) atoms. The van der Waals surface area contributed by atoms with E-state index in [9.17, 15) is 0 Å². The minimum absolute atomic E-state index is 0.0563. The van der Waals surface area contributed by atoms with Crippen LogP contribution in [0.5, 0.6) is 5.75 Å². The van der Waals surface area contributed by atoms with Crippen LogP contribution in [-0.4, -0.2) is 10.9 Å². The van der Waals surface area contributed by atoms with Gasteiger partial charge < -0.3 is 9.64 Å². The highest BCUT2D eigenvalue weighted by molar-refractivity contribution is 5.98. The van der Waals surface area contributed by atoms with Crippen LogP contribution in [-0.2, 0) is 11.8 Å². The van der Waals surface area contributed by atoms with Gasteiger partial charge in [0.05, 0.1) is 17.7 Å². The van der Waals surface area contributed by atoms with Gasteiger partial charge in [-0.05, 0) is 112 Å². The van der Waals surface area contributed by atoms with Crippen molar-refractivity contribution in [2.45, 2.75) is 43.6 Å². The van der Waals surface area contributed by atoms with E-state index in [1.165, 1.54) is 66.6 Å². The minimum atomic E-state index is -0.428. The molecule has 1 aliphatic heterocycles.